The molecule has 1 saturated heterocycles. The van der Waals surface area contributed by atoms with E-state index in [2.05, 4.69) is 10.2 Å². The Morgan fingerprint density at radius 1 is 1.71 bits per heavy atom. The van der Waals surface area contributed by atoms with Crippen LogP contribution in [-0.4, -0.2) is 45.3 Å². The van der Waals surface area contributed by atoms with Crippen LogP contribution in [-0.2, 0) is 0 Å². The molecule has 0 radical (unpaired) electrons. The molecular formula is C12H19N3O2. The predicted molar refractivity (Wildman–Crippen MR) is 63.7 cm³/mol. The van der Waals surface area contributed by atoms with Crippen LogP contribution >= 0.6 is 0 Å². The Kier molecular flexibility index (Phi) is 3.78. The largest absolute Gasteiger partial charge is 0.396 e. The summed E-state index contributed by atoms with van der Waals surface area (Å²) in [6, 6.07) is 2.05. The number of likely N-dealkylation sites (tertiary alicyclic amines) is 1. The number of nitrogens with one attached hydrogen (secondary N) is 1. The molecule has 1 aliphatic rings. The Labute approximate surface area is 101 Å². The van der Waals surface area contributed by atoms with Crippen LogP contribution in [0.4, 0.5) is 0 Å². The number of nitrogens with zero attached hydrogens (tertiary/aromatic N) is 2. The summed E-state index contributed by atoms with van der Waals surface area (Å²) in [4.78, 5) is 14.1. The normalized spacial score (nSPS) is 19.9. The number of amides is 1. The van der Waals surface area contributed by atoms with Crippen LogP contribution < -0.4 is 0 Å². The zero-order valence-electron chi connectivity index (χ0n) is 10.1. The second-order valence-electron chi connectivity index (χ2n) is 4.60. The lowest BCUT2D eigenvalue weighted by Crippen LogP contribution is -2.35. The number of carbonyl (C=O) groups is 1. The molecule has 0 aliphatic carbocycles. The second-order valence-corrected chi connectivity index (χ2v) is 4.60. The molecule has 2 N–H and O–H groups in total. The molecule has 1 unspecified atom stereocenters. The number of aliphatic hydroxyl groups is 1. The monoisotopic (exact) mass is 237 g/mol. The van der Waals surface area contributed by atoms with Crippen molar-refractivity contribution in [2.45, 2.75) is 38.6 Å². The maximum Gasteiger partial charge on any atom is 0.274 e. The van der Waals surface area contributed by atoms with Crippen molar-refractivity contribution in [2.24, 2.45) is 0 Å². The van der Waals surface area contributed by atoms with E-state index in [0.717, 1.165) is 37.9 Å². The van der Waals surface area contributed by atoms with Gasteiger partial charge in [0.15, 0.2) is 0 Å². The molecule has 0 bridgehead atoms. The van der Waals surface area contributed by atoms with Crippen molar-refractivity contribution in [2.75, 3.05) is 13.2 Å². The van der Waals surface area contributed by atoms with Crippen molar-refractivity contribution in [1.82, 2.24) is 15.1 Å². The van der Waals surface area contributed by atoms with E-state index in [1.54, 1.807) is 6.07 Å². The van der Waals surface area contributed by atoms with E-state index in [1.165, 1.54) is 0 Å². The van der Waals surface area contributed by atoms with Crippen LogP contribution in [0, 0.1) is 6.92 Å². The third-order valence-corrected chi connectivity index (χ3v) is 3.26. The molecule has 2 heterocycles. The van der Waals surface area contributed by atoms with Gasteiger partial charge in [0, 0.05) is 24.9 Å². The van der Waals surface area contributed by atoms with Crippen molar-refractivity contribution in [3.05, 3.63) is 17.5 Å². The van der Waals surface area contributed by atoms with Gasteiger partial charge in [0.2, 0.25) is 0 Å². The van der Waals surface area contributed by atoms with E-state index >= 15 is 0 Å². The van der Waals surface area contributed by atoms with Crippen LogP contribution in [0.15, 0.2) is 6.07 Å². The van der Waals surface area contributed by atoms with Crippen LogP contribution in [0.1, 0.15) is 41.9 Å². The van der Waals surface area contributed by atoms with Crippen molar-refractivity contribution in [3.63, 3.8) is 0 Å². The molecule has 0 saturated carbocycles. The fourth-order valence-corrected chi connectivity index (χ4v) is 2.40. The number of H-pyrrole nitrogens is 1. The average Bonchev–Trinajstić information content (AvgIpc) is 2.94. The lowest BCUT2D eigenvalue weighted by Gasteiger charge is -2.23. The van der Waals surface area contributed by atoms with Gasteiger partial charge < -0.3 is 10.0 Å². The smallest absolute Gasteiger partial charge is 0.274 e. The summed E-state index contributed by atoms with van der Waals surface area (Å²) in [5.41, 5.74) is 1.40. The minimum absolute atomic E-state index is 0.00906. The maximum absolute atomic E-state index is 12.2. The van der Waals surface area contributed by atoms with E-state index in [4.69, 9.17) is 5.11 Å². The minimum Gasteiger partial charge on any atom is -0.396 e. The first kappa shape index (κ1) is 12.1. The fourth-order valence-electron chi connectivity index (χ4n) is 2.40. The first-order valence-electron chi connectivity index (χ1n) is 6.16. The summed E-state index contributed by atoms with van der Waals surface area (Å²) in [7, 11) is 0. The van der Waals surface area contributed by atoms with E-state index < -0.39 is 0 Å². The van der Waals surface area contributed by atoms with Crippen molar-refractivity contribution < 1.29 is 9.90 Å². The van der Waals surface area contributed by atoms with Gasteiger partial charge in [-0.2, -0.15) is 5.10 Å². The Hall–Kier alpha value is -1.36. The van der Waals surface area contributed by atoms with Crippen molar-refractivity contribution >= 4 is 5.91 Å². The number of aromatic amines is 1. The van der Waals surface area contributed by atoms with E-state index in [0.29, 0.717) is 5.69 Å². The summed E-state index contributed by atoms with van der Waals surface area (Å²) < 4.78 is 0. The summed E-state index contributed by atoms with van der Waals surface area (Å²) >= 11 is 0. The van der Waals surface area contributed by atoms with Crippen molar-refractivity contribution in [1.29, 1.82) is 0 Å². The standard InChI is InChI=1S/C12H19N3O2/c1-9-8-11(14-13-9)12(17)15-6-2-4-10(15)5-3-7-16/h8,10,16H,2-7H2,1H3,(H,13,14). The molecule has 1 aromatic heterocycles. The van der Waals surface area contributed by atoms with Gasteiger partial charge in [-0.15, -0.1) is 0 Å². The molecule has 1 amide bonds. The van der Waals surface area contributed by atoms with Gasteiger partial charge in [0.05, 0.1) is 0 Å². The molecular weight excluding hydrogens is 218 g/mol. The Morgan fingerprint density at radius 3 is 3.18 bits per heavy atom. The highest BCUT2D eigenvalue weighted by molar-refractivity contribution is 5.92. The first-order valence-corrected chi connectivity index (χ1v) is 6.16. The molecule has 1 aromatic rings. The molecule has 5 heteroatoms. The lowest BCUT2D eigenvalue weighted by molar-refractivity contribution is 0.0718. The molecule has 17 heavy (non-hydrogen) atoms. The third kappa shape index (κ3) is 2.66. The van der Waals surface area contributed by atoms with Gasteiger partial charge in [0.25, 0.3) is 5.91 Å². The molecule has 1 atom stereocenters. The van der Waals surface area contributed by atoms with Gasteiger partial charge in [-0.05, 0) is 38.7 Å². The molecule has 94 valence electrons. The number of aromatic nitrogens is 2. The second kappa shape index (κ2) is 5.31. The number of carbonyl (C=O) groups excluding carboxylic acids is 1. The predicted octanol–water partition coefficient (Wildman–Crippen LogP) is 1.10. The van der Waals surface area contributed by atoms with Crippen LogP contribution in [0.2, 0.25) is 0 Å². The topological polar surface area (TPSA) is 69.2 Å². The van der Waals surface area contributed by atoms with Crippen LogP contribution in [0.5, 0.6) is 0 Å². The molecule has 2 rings (SSSR count). The molecule has 1 aliphatic heterocycles. The fraction of sp³-hybridized carbons (Fsp3) is 0.667. The van der Waals surface area contributed by atoms with Gasteiger partial charge in [-0.25, -0.2) is 0 Å². The SMILES string of the molecule is Cc1cc(C(=O)N2CCCC2CCCO)n[nH]1. The minimum atomic E-state index is 0.00906. The zero-order chi connectivity index (χ0) is 12.3. The average molecular weight is 237 g/mol. The Balaban J connectivity index is 2.03. The van der Waals surface area contributed by atoms with Crippen LogP contribution in [0.3, 0.4) is 0 Å². The molecule has 0 aromatic carbocycles. The summed E-state index contributed by atoms with van der Waals surface area (Å²) in [5.74, 6) is 0.00906. The highest BCUT2D eigenvalue weighted by Gasteiger charge is 2.29. The number of hydrogen-bond acceptors (Lipinski definition) is 3. The Morgan fingerprint density at radius 2 is 2.53 bits per heavy atom. The number of hydrogen-bond donors (Lipinski definition) is 2. The van der Waals surface area contributed by atoms with E-state index in [-0.39, 0.29) is 18.6 Å². The van der Waals surface area contributed by atoms with E-state index in [1.807, 2.05) is 11.8 Å². The quantitative estimate of drug-likeness (QED) is 0.823. The first-order chi connectivity index (χ1) is 8.22. The van der Waals surface area contributed by atoms with Gasteiger partial charge in [0.1, 0.15) is 5.69 Å². The number of rotatable bonds is 4. The molecule has 5 nitrogen and oxygen atoms in total. The summed E-state index contributed by atoms with van der Waals surface area (Å²) in [6.45, 7) is 2.89. The molecule has 0 spiro atoms. The zero-order valence-corrected chi connectivity index (χ0v) is 10.1. The lowest BCUT2D eigenvalue weighted by atomic mass is 10.1. The van der Waals surface area contributed by atoms with Gasteiger partial charge in [-0.3, -0.25) is 9.89 Å². The van der Waals surface area contributed by atoms with E-state index in [9.17, 15) is 4.79 Å². The summed E-state index contributed by atoms with van der Waals surface area (Å²) in [6.07, 6.45) is 3.72. The number of aliphatic hydroxyl groups excluding tert-OH is 1. The maximum atomic E-state index is 12.2. The summed E-state index contributed by atoms with van der Waals surface area (Å²) in [5, 5.41) is 15.7. The van der Waals surface area contributed by atoms with Gasteiger partial charge >= 0.3 is 0 Å². The van der Waals surface area contributed by atoms with Crippen LogP contribution in [0.25, 0.3) is 0 Å². The van der Waals surface area contributed by atoms with Gasteiger partial charge in [-0.1, -0.05) is 0 Å². The van der Waals surface area contributed by atoms with Crippen molar-refractivity contribution in [3.8, 4) is 0 Å². The highest BCUT2D eigenvalue weighted by Crippen LogP contribution is 2.23. The molecule has 1 fully saturated rings. The third-order valence-electron chi connectivity index (χ3n) is 3.26. The Bertz CT molecular complexity index is 389. The highest BCUT2D eigenvalue weighted by atomic mass is 16.3. The number of aryl methyl sites for hydroxylation is 1.